The Morgan fingerprint density at radius 2 is 2.33 bits per heavy atom. The molecule has 2 N–H and O–H groups in total. The summed E-state index contributed by atoms with van der Waals surface area (Å²) in [6, 6.07) is 6.02. The molecular formula is C15H23N3O2S. The minimum atomic E-state index is 0.211. The van der Waals surface area contributed by atoms with Crippen LogP contribution in [0.5, 0.6) is 0 Å². The van der Waals surface area contributed by atoms with Gasteiger partial charge >= 0.3 is 0 Å². The van der Waals surface area contributed by atoms with E-state index in [2.05, 4.69) is 16.6 Å². The van der Waals surface area contributed by atoms with Gasteiger partial charge in [-0.15, -0.1) is 11.8 Å². The summed E-state index contributed by atoms with van der Waals surface area (Å²) in [5, 5.41) is 13.8. The number of fused-ring (bicyclic) bond motifs is 1. The Bertz CT molecular complexity index is 559. The SMILES string of the molecule is COCCNCc1c(SC(C)CCO)nc2ccccn12. The largest absolute Gasteiger partial charge is 0.396 e. The normalized spacial score (nSPS) is 12.9. The number of ether oxygens (including phenoxy) is 1. The summed E-state index contributed by atoms with van der Waals surface area (Å²) in [5.41, 5.74) is 2.12. The Kier molecular flexibility index (Phi) is 6.50. The molecule has 0 saturated heterocycles. The molecule has 0 spiro atoms. The highest BCUT2D eigenvalue weighted by Crippen LogP contribution is 2.28. The van der Waals surface area contributed by atoms with E-state index in [1.54, 1.807) is 18.9 Å². The molecule has 1 unspecified atom stereocenters. The van der Waals surface area contributed by atoms with Crippen molar-refractivity contribution in [2.45, 2.75) is 30.2 Å². The molecule has 0 aliphatic rings. The average molecular weight is 309 g/mol. The maximum absolute atomic E-state index is 9.06. The zero-order chi connectivity index (χ0) is 15.1. The average Bonchev–Trinajstić information content (AvgIpc) is 2.81. The minimum absolute atomic E-state index is 0.211. The zero-order valence-corrected chi connectivity index (χ0v) is 13.4. The van der Waals surface area contributed by atoms with Gasteiger partial charge in [0.25, 0.3) is 0 Å². The van der Waals surface area contributed by atoms with Gasteiger partial charge in [0.2, 0.25) is 0 Å². The summed E-state index contributed by atoms with van der Waals surface area (Å²) in [6.45, 7) is 4.59. The first-order chi connectivity index (χ1) is 10.3. The smallest absolute Gasteiger partial charge is 0.138 e. The summed E-state index contributed by atoms with van der Waals surface area (Å²) in [4.78, 5) is 4.71. The summed E-state index contributed by atoms with van der Waals surface area (Å²) >= 11 is 1.72. The van der Waals surface area contributed by atoms with Crippen molar-refractivity contribution in [1.82, 2.24) is 14.7 Å². The second kappa shape index (κ2) is 8.38. The van der Waals surface area contributed by atoms with E-state index in [9.17, 15) is 0 Å². The number of nitrogens with one attached hydrogen (secondary N) is 1. The fourth-order valence-corrected chi connectivity index (χ4v) is 3.15. The van der Waals surface area contributed by atoms with Crippen LogP contribution in [0, 0.1) is 0 Å². The number of hydrogen-bond donors (Lipinski definition) is 2. The van der Waals surface area contributed by atoms with Crippen molar-refractivity contribution in [3.05, 3.63) is 30.1 Å². The van der Waals surface area contributed by atoms with E-state index in [1.807, 2.05) is 24.4 Å². The molecule has 2 aromatic rings. The standard InChI is InChI=1S/C15H23N3O2S/c1-12(6-9-19)21-15-13(11-16-7-10-20-2)18-8-4-3-5-14(18)17-15/h3-5,8,12,16,19H,6-7,9-11H2,1-2H3. The van der Waals surface area contributed by atoms with Crippen LogP contribution in [0.4, 0.5) is 0 Å². The molecule has 0 fully saturated rings. The Balaban J connectivity index is 2.17. The Morgan fingerprint density at radius 3 is 3.10 bits per heavy atom. The third-order valence-corrected chi connectivity index (χ3v) is 4.40. The first-order valence-electron chi connectivity index (χ1n) is 7.19. The number of aliphatic hydroxyl groups excluding tert-OH is 1. The minimum Gasteiger partial charge on any atom is -0.396 e. The molecule has 0 amide bonds. The lowest BCUT2D eigenvalue weighted by Crippen LogP contribution is -2.20. The Labute approximate surface area is 129 Å². The highest BCUT2D eigenvalue weighted by atomic mass is 32.2. The molecule has 0 radical (unpaired) electrons. The molecular weight excluding hydrogens is 286 g/mol. The Morgan fingerprint density at radius 1 is 1.48 bits per heavy atom. The molecule has 1 atom stereocenters. The van der Waals surface area contributed by atoms with Crippen molar-refractivity contribution < 1.29 is 9.84 Å². The molecule has 2 rings (SSSR count). The van der Waals surface area contributed by atoms with E-state index in [1.165, 1.54) is 0 Å². The lowest BCUT2D eigenvalue weighted by molar-refractivity contribution is 0.199. The van der Waals surface area contributed by atoms with Gasteiger partial charge in [0.1, 0.15) is 10.7 Å². The molecule has 0 saturated carbocycles. The van der Waals surface area contributed by atoms with Gasteiger partial charge in [0.15, 0.2) is 0 Å². The van der Waals surface area contributed by atoms with Gasteiger partial charge in [-0.05, 0) is 18.6 Å². The number of hydrogen-bond acceptors (Lipinski definition) is 5. The molecule has 0 aliphatic carbocycles. The third-order valence-electron chi connectivity index (χ3n) is 3.22. The molecule has 5 nitrogen and oxygen atoms in total. The Hall–Kier alpha value is -1.08. The fraction of sp³-hybridized carbons (Fsp3) is 0.533. The first kappa shape index (κ1) is 16.3. The van der Waals surface area contributed by atoms with Gasteiger partial charge in [-0.2, -0.15) is 0 Å². The van der Waals surface area contributed by atoms with Crippen LogP contribution in [0.25, 0.3) is 5.65 Å². The summed E-state index contributed by atoms with van der Waals surface area (Å²) < 4.78 is 7.18. The molecule has 6 heteroatoms. The quantitative estimate of drug-likeness (QED) is 0.547. The van der Waals surface area contributed by atoms with E-state index in [-0.39, 0.29) is 6.61 Å². The third kappa shape index (κ3) is 4.44. The van der Waals surface area contributed by atoms with Crippen LogP contribution in [0.15, 0.2) is 29.4 Å². The highest BCUT2D eigenvalue weighted by molar-refractivity contribution is 7.99. The van der Waals surface area contributed by atoms with Gasteiger partial charge in [-0.25, -0.2) is 4.98 Å². The number of imidazole rings is 1. The van der Waals surface area contributed by atoms with Crippen molar-refractivity contribution in [2.24, 2.45) is 0 Å². The van der Waals surface area contributed by atoms with Gasteiger partial charge < -0.3 is 19.6 Å². The summed E-state index contributed by atoms with van der Waals surface area (Å²) in [5.74, 6) is 0. The van der Waals surface area contributed by atoms with E-state index in [0.29, 0.717) is 11.9 Å². The molecule has 116 valence electrons. The predicted molar refractivity (Wildman–Crippen MR) is 85.8 cm³/mol. The fourth-order valence-electron chi connectivity index (χ4n) is 2.09. The molecule has 2 aromatic heterocycles. The van der Waals surface area contributed by atoms with Crippen LogP contribution >= 0.6 is 11.8 Å². The lowest BCUT2D eigenvalue weighted by Gasteiger charge is -2.10. The second-order valence-electron chi connectivity index (χ2n) is 4.90. The molecule has 0 aromatic carbocycles. The summed E-state index contributed by atoms with van der Waals surface area (Å²) in [7, 11) is 1.70. The second-order valence-corrected chi connectivity index (χ2v) is 6.33. The van der Waals surface area contributed by atoms with E-state index in [4.69, 9.17) is 14.8 Å². The highest BCUT2D eigenvalue weighted by Gasteiger charge is 2.15. The molecule has 21 heavy (non-hydrogen) atoms. The van der Waals surface area contributed by atoms with Crippen LogP contribution in [0.3, 0.4) is 0 Å². The van der Waals surface area contributed by atoms with Crippen LogP contribution in [0.2, 0.25) is 0 Å². The number of rotatable bonds is 9. The van der Waals surface area contributed by atoms with Gasteiger partial charge in [-0.1, -0.05) is 13.0 Å². The number of nitrogens with zero attached hydrogens (tertiary/aromatic N) is 2. The topological polar surface area (TPSA) is 58.8 Å². The number of aliphatic hydroxyl groups is 1. The predicted octanol–water partition coefficient (Wildman–Crippen LogP) is 1.93. The maximum Gasteiger partial charge on any atom is 0.138 e. The number of pyridine rings is 1. The van der Waals surface area contributed by atoms with Gasteiger partial charge in [0, 0.05) is 38.3 Å². The van der Waals surface area contributed by atoms with E-state index < -0.39 is 0 Å². The van der Waals surface area contributed by atoms with Crippen molar-refractivity contribution >= 4 is 17.4 Å². The van der Waals surface area contributed by atoms with E-state index in [0.717, 1.165) is 35.9 Å². The summed E-state index contributed by atoms with van der Waals surface area (Å²) in [6.07, 6.45) is 2.81. The van der Waals surface area contributed by atoms with Crippen LogP contribution in [-0.2, 0) is 11.3 Å². The van der Waals surface area contributed by atoms with Crippen molar-refractivity contribution in [2.75, 3.05) is 26.9 Å². The first-order valence-corrected chi connectivity index (χ1v) is 8.07. The van der Waals surface area contributed by atoms with Crippen molar-refractivity contribution in [1.29, 1.82) is 0 Å². The molecule has 0 aliphatic heterocycles. The van der Waals surface area contributed by atoms with Crippen molar-refractivity contribution in [3.8, 4) is 0 Å². The van der Waals surface area contributed by atoms with Crippen LogP contribution < -0.4 is 5.32 Å². The molecule has 2 heterocycles. The lowest BCUT2D eigenvalue weighted by atomic mass is 10.3. The van der Waals surface area contributed by atoms with Gasteiger partial charge in [-0.3, -0.25) is 0 Å². The number of methoxy groups -OCH3 is 1. The van der Waals surface area contributed by atoms with Crippen LogP contribution in [0.1, 0.15) is 19.0 Å². The van der Waals surface area contributed by atoms with Crippen LogP contribution in [-0.4, -0.2) is 46.6 Å². The van der Waals surface area contributed by atoms with Gasteiger partial charge in [0.05, 0.1) is 12.3 Å². The van der Waals surface area contributed by atoms with E-state index >= 15 is 0 Å². The zero-order valence-electron chi connectivity index (χ0n) is 12.6. The number of thioether (sulfide) groups is 1. The maximum atomic E-state index is 9.06. The molecule has 0 bridgehead atoms. The van der Waals surface area contributed by atoms with Crippen molar-refractivity contribution in [3.63, 3.8) is 0 Å². The number of aromatic nitrogens is 2. The monoisotopic (exact) mass is 309 g/mol.